The van der Waals surface area contributed by atoms with Gasteiger partial charge in [-0.2, -0.15) is 10.1 Å². The number of amidine groups is 1. The Hall–Kier alpha value is -3.16. The Morgan fingerprint density at radius 1 is 1.16 bits per heavy atom. The topological polar surface area (TPSA) is 97.0 Å². The molecule has 1 saturated heterocycles. The summed E-state index contributed by atoms with van der Waals surface area (Å²) in [4.78, 5) is 48.5. The van der Waals surface area contributed by atoms with Gasteiger partial charge in [0.15, 0.2) is 5.78 Å². The van der Waals surface area contributed by atoms with E-state index in [0.717, 1.165) is 0 Å². The van der Waals surface area contributed by atoms with Crippen LogP contribution in [0.5, 0.6) is 0 Å². The number of Topliss-reactive ketones (excluding diaryl/α,β-unsaturated/α-hetero) is 1. The van der Waals surface area contributed by atoms with Crippen molar-refractivity contribution in [3.8, 4) is 0 Å². The maximum absolute atomic E-state index is 13.0. The third kappa shape index (κ3) is 4.84. The van der Waals surface area contributed by atoms with Gasteiger partial charge in [0.05, 0.1) is 17.5 Å². The molecule has 0 radical (unpaired) electrons. The van der Waals surface area contributed by atoms with E-state index in [1.165, 1.54) is 0 Å². The molecule has 168 valence electrons. The van der Waals surface area contributed by atoms with E-state index < -0.39 is 0 Å². The van der Waals surface area contributed by atoms with Crippen LogP contribution in [-0.2, 0) is 16.6 Å². The third-order valence-corrected chi connectivity index (χ3v) is 6.24. The van der Waals surface area contributed by atoms with Gasteiger partial charge in [0.1, 0.15) is 11.8 Å². The molecule has 4 rings (SSSR count). The van der Waals surface area contributed by atoms with E-state index in [4.69, 9.17) is 0 Å². The van der Waals surface area contributed by atoms with E-state index in [0.29, 0.717) is 55.9 Å². The number of aliphatic imine (C=N–C) groups is 2. The molecule has 0 bridgehead atoms. The molecule has 0 saturated carbocycles. The molecule has 0 spiro atoms. The molecule has 1 aliphatic carbocycles. The van der Waals surface area contributed by atoms with Crippen LogP contribution in [0.2, 0.25) is 0 Å². The predicted molar refractivity (Wildman–Crippen MR) is 122 cm³/mol. The Morgan fingerprint density at radius 3 is 2.59 bits per heavy atom. The lowest BCUT2D eigenvalue weighted by molar-refractivity contribution is -0.134. The van der Waals surface area contributed by atoms with Crippen LogP contribution in [0.3, 0.4) is 0 Å². The van der Waals surface area contributed by atoms with Crippen molar-refractivity contribution in [3.63, 3.8) is 0 Å². The highest BCUT2D eigenvalue weighted by molar-refractivity contribution is 6.21. The average molecular weight is 436 g/mol. The first-order valence-electron chi connectivity index (χ1n) is 11.1. The van der Waals surface area contributed by atoms with Gasteiger partial charge in [-0.05, 0) is 24.3 Å². The summed E-state index contributed by atoms with van der Waals surface area (Å²) in [5.74, 6) is 0.00262. The second-order valence-corrected chi connectivity index (χ2v) is 9.56. The Morgan fingerprint density at radius 2 is 1.91 bits per heavy atom. The number of nitrogens with zero attached hydrogens (tertiary/aromatic N) is 5. The molecule has 8 heteroatoms. The van der Waals surface area contributed by atoms with E-state index in [2.05, 4.69) is 15.1 Å². The van der Waals surface area contributed by atoms with Crippen molar-refractivity contribution in [1.29, 1.82) is 0 Å². The molecule has 1 unspecified atom stereocenters. The summed E-state index contributed by atoms with van der Waals surface area (Å²) in [5.41, 5.74) is 0.960. The summed E-state index contributed by atoms with van der Waals surface area (Å²) in [7, 11) is 1.79. The number of aryl methyl sites for hydroxylation is 1. The van der Waals surface area contributed by atoms with Crippen LogP contribution in [0.1, 0.15) is 49.9 Å². The first kappa shape index (κ1) is 22.0. The van der Waals surface area contributed by atoms with Crippen LogP contribution in [0, 0.1) is 17.3 Å². The number of likely N-dealkylation sites (tertiary alicyclic amines) is 1. The van der Waals surface area contributed by atoms with Crippen molar-refractivity contribution in [2.45, 2.75) is 39.5 Å². The van der Waals surface area contributed by atoms with E-state index >= 15 is 0 Å². The van der Waals surface area contributed by atoms with Crippen molar-refractivity contribution in [3.05, 3.63) is 42.3 Å². The summed E-state index contributed by atoms with van der Waals surface area (Å²) in [6.45, 7) is 5.15. The van der Waals surface area contributed by atoms with Gasteiger partial charge in [-0.1, -0.05) is 32.1 Å². The maximum atomic E-state index is 13.0. The minimum absolute atomic E-state index is 0.0658. The molecule has 8 nitrogen and oxygen atoms in total. The van der Waals surface area contributed by atoms with E-state index in [-0.39, 0.29) is 34.8 Å². The fraction of sp³-hybridized carbons (Fsp3) is 0.500. The maximum Gasteiger partial charge on any atom is 0.260 e. The number of aromatic nitrogens is 2. The monoisotopic (exact) mass is 435 g/mol. The lowest BCUT2D eigenvalue weighted by Crippen LogP contribution is -2.42. The summed E-state index contributed by atoms with van der Waals surface area (Å²) in [5, 5.41) is 4.08. The number of fused-ring (bicyclic) bond motifs is 1. The zero-order valence-corrected chi connectivity index (χ0v) is 18.8. The smallest absolute Gasteiger partial charge is 0.260 e. The van der Waals surface area contributed by atoms with Gasteiger partial charge in [-0.15, -0.1) is 0 Å². The van der Waals surface area contributed by atoms with Crippen LogP contribution < -0.4 is 0 Å². The number of ketones is 1. The fourth-order valence-electron chi connectivity index (χ4n) is 4.48. The van der Waals surface area contributed by atoms with Crippen LogP contribution in [-0.4, -0.2) is 56.9 Å². The number of piperidine rings is 1. The third-order valence-electron chi connectivity index (χ3n) is 6.24. The van der Waals surface area contributed by atoms with Crippen LogP contribution in [0.15, 0.2) is 46.7 Å². The van der Waals surface area contributed by atoms with Crippen molar-refractivity contribution in [2.24, 2.45) is 34.3 Å². The number of carbonyl (C=O) groups is 3. The molecular formula is C24H29N5O3. The molecule has 3 aliphatic rings. The Balaban J connectivity index is 1.31. The van der Waals surface area contributed by atoms with Gasteiger partial charge in [0, 0.05) is 45.1 Å². The van der Waals surface area contributed by atoms with Gasteiger partial charge in [-0.3, -0.25) is 19.1 Å². The second-order valence-electron chi connectivity index (χ2n) is 9.56. The van der Waals surface area contributed by atoms with Gasteiger partial charge in [-0.25, -0.2) is 4.99 Å². The van der Waals surface area contributed by atoms with Crippen LogP contribution >= 0.6 is 0 Å². The number of rotatable bonds is 6. The number of carbonyl (C=O) groups excluding carboxylic acids is 3. The minimum Gasteiger partial charge on any atom is -0.343 e. The highest BCUT2D eigenvalue weighted by Gasteiger charge is 2.33. The highest BCUT2D eigenvalue weighted by atomic mass is 16.2. The molecule has 1 aromatic rings. The van der Waals surface area contributed by atoms with Gasteiger partial charge < -0.3 is 4.90 Å². The zero-order chi connectivity index (χ0) is 22.9. The minimum atomic E-state index is -0.385. The predicted octanol–water partition coefficient (Wildman–Crippen LogP) is 2.77. The molecule has 3 heterocycles. The van der Waals surface area contributed by atoms with E-state index in [1.54, 1.807) is 30.2 Å². The highest BCUT2D eigenvalue weighted by Crippen LogP contribution is 2.30. The quantitative estimate of drug-likeness (QED) is 0.642. The number of hydrogen-bond acceptors (Lipinski definition) is 5. The van der Waals surface area contributed by atoms with E-state index in [9.17, 15) is 14.4 Å². The first-order chi connectivity index (χ1) is 15.2. The van der Waals surface area contributed by atoms with Crippen LogP contribution in [0.25, 0.3) is 0 Å². The summed E-state index contributed by atoms with van der Waals surface area (Å²) < 4.78 is 1.63. The first-order valence-corrected chi connectivity index (χ1v) is 11.1. The van der Waals surface area contributed by atoms with E-state index in [1.807, 2.05) is 37.0 Å². The molecule has 1 aromatic heterocycles. The SMILES string of the molecule is Cn1cc(C(=O)C2CCN(C(=O)CC(C)(C)CC3=NC(=O)C4C=CC=CC4=N3)CC2)cn1. The Bertz CT molecular complexity index is 1050. The average Bonchev–Trinajstić information content (AvgIpc) is 3.19. The zero-order valence-electron chi connectivity index (χ0n) is 18.8. The molecule has 1 atom stereocenters. The largest absolute Gasteiger partial charge is 0.343 e. The number of allylic oxidation sites excluding steroid dienone is 3. The van der Waals surface area contributed by atoms with Crippen molar-refractivity contribution in [1.82, 2.24) is 14.7 Å². The molecule has 0 N–H and O–H groups in total. The summed E-state index contributed by atoms with van der Waals surface area (Å²) >= 11 is 0. The van der Waals surface area contributed by atoms with Gasteiger partial charge in [0.25, 0.3) is 5.91 Å². The standard InChI is InChI=1S/C24H29N5O3/c1-24(2,12-20-26-19-7-5-4-6-18(19)23(32)27-20)13-21(30)29-10-8-16(9-11-29)22(31)17-14-25-28(3)15-17/h4-7,14-16,18H,8-13H2,1-3H3. The molecular weight excluding hydrogens is 406 g/mol. The van der Waals surface area contributed by atoms with Crippen LogP contribution in [0.4, 0.5) is 0 Å². The fourth-order valence-corrected chi connectivity index (χ4v) is 4.48. The lowest BCUT2D eigenvalue weighted by atomic mass is 9.83. The Labute approximate surface area is 187 Å². The molecule has 1 fully saturated rings. The van der Waals surface area contributed by atoms with Crippen molar-refractivity contribution >= 4 is 29.1 Å². The molecule has 0 aromatic carbocycles. The molecule has 2 amide bonds. The molecule has 2 aliphatic heterocycles. The number of amides is 2. The Kier molecular flexibility index (Phi) is 6.04. The number of hydrogen-bond donors (Lipinski definition) is 0. The summed E-state index contributed by atoms with van der Waals surface area (Å²) in [6, 6.07) is 0. The second kappa shape index (κ2) is 8.76. The normalized spacial score (nSPS) is 21.3. The summed E-state index contributed by atoms with van der Waals surface area (Å²) in [6.07, 6.45) is 12.8. The molecule has 32 heavy (non-hydrogen) atoms. The van der Waals surface area contributed by atoms with Crippen molar-refractivity contribution in [2.75, 3.05) is 13.1 Å². The lowest BCUT2D eigenvalue weighted by Gasteiger charge is -2.34. The van der Waals surface area contributed by atoms with Gasteiger partial charge >= 0.3 is 0 Å². The van der Waals surface area contributed by atoms with Gasteiger partial charge in [0.2, 0.25) is 5.91 Å². The van der Waals surface area contributed by atoms with Crippen molar-refractivity contribution < 1.29 is 14.4 Å².